The third kappa shape index (κ3) is 1.88. The van der Waals surface area contributed by atoms with Gasteiger partial charge < -0.3 is 4.74 Å². The van der Waals surface area contributed by atoms with E-state index in [9.17, 15) is 4.79 Å². The number of fused-ring (bicyclic) bond motifs is 1. The first-order valence-corrected chi connectivity index (χ1v) is 5.62. The van der Waals surface area contributed by atoms with Crippen molar-refractivity contribution in [3.63, 3.8) is 0 Å². The van der Waals surface area contributed by atoms with Crippen molar-refractivity contribution >= 4 is 17.9 Å². The highest BCUT2D eigenvalue weighted by Crippen LogP contribution is 2.40. The topological polar surface area (TPSA) is 38.7 Å². The average molecular weight is 229 g/mol. The molecule has 1 aromatic rings. The van der Waals surface area contributed by atoms with E-state index < -0.39 is 5.60 Å². The molecule has 0 amide bonds. The third-order valence-electron chi connectivity index (χ3n) is 2.92. The van der Waals surface area contributed by atoms with Gasteiger partial charge in [-0.1, -0.05) is 31.7 Å². The molecule has 0 aromatic heterocycles. The van der Waals surface area contributed by atoms with Crippen molar-refractivity contribution < 1.29 is 9.53 Å². The van der Waals surface area contributed by atoms with Crippen LogP contribution in [0.2, 0.25) is 0 Å². The number of nitrogens with zero attached hydrogens (tertiary/aromatic N) is 1. The fourth-order valence-electron chi connectivity index (χ4n) is 1.88. The summed E-state index contributed by atoms with van der Waals surface area (Å²) in [5.41, 5.74) is 1.48. The van der Waals surface area contributed by atoms with Crippen LogP contribution < -0.4 is 0 Å². The lowest BCUT2D eigenvalue weighted by Gasteiger charge is -2.26. The molecule has 17 heavy (non-hydrogen) atoms. The fraction of sp³-hybridized carbons (Fsp3) is 0.286. The van der Waals surface area contributed by atoms with Gasteiger partial charge in [0.25, 0.3) is 0 Å². The number of hydrogen-bond acceptors (Lipinski definition) is 3. The lowest BCUT2D eigenvalue weighted by Crippen LogP contribution is -2.31. The summed E-state index contributed by atoms with van der Waals surface area (Å²) >= 11 is 0. The number of rotatable bonds is 3. The van der Waals surface area contributed by atoms with Crippen molar-refractivity contribution in [2.45, 2.75) is 25.9 Å². The molecule has 1 aromatic carbocycles. The number of hydrogen-bond donors (Lipinski definition) is 0. The summed E-state index contributed by atoms with van der Waals surface area (Å²) in [6.07, 6.45) is 2.37. The number of aliphatic imine (C=N–C) groups is 1. The highest BCUT2D eigenvalue weighted by atomic mass is 16.6. The summed E-state index contributed by atoms with van der Waals surface area (Å²) in [6.45, 7) is 7.21. The molecule has 3 heteroatoms. The van der Waals surface area contributed by atoms with Crippen LogP contribution in [0.1, 0.15) is 25.8 Å². The van der Waals surface area contributed by atoms with Crippen molar-refractivity contribution in [3.05, 3.63) is 42.0 Å². The minimum absolute atomic E-state index is 0.380. The maximum atomic E-state index is 11.7. The van der Waals surface area contributed by atoms with Gasteiger partial charge in [-0.2, -0.15) is 0 Å². The van der Waals surface area contributed by atoms with Gasteiger partial charge in [0, 0.05) is 11.1 Å². The first-order chi connectivity index (χ1) is 8.09. The van der Waals surface area contributed by atoms with E-state index in [2.05, 4.69) is 11.6 Å². The van der Waals surface area contributed by atoms with Crippen molar-refractivity contribution in [3.8, 4) is 0 Å². The Hall–Kier alpha value is -1.90. The third-order valence-corrected chi connectivity index (χ3v) is 2.92. The number of carbonyl (C=O) groups excluding carboxylic acids is 1. The number of ether oxygens (including phenoxy) is 1. The summed E-state index contributed by atoms with van der Waals surface area (Å²) < 4.78 is 5.55. The van der Waals surface area contributed by atoms with Gasteiger partial charge in [-0.15, -0.1) is 0 Å². The molecule has 1 heterocycles. The molecule has 0 fully saturated rings. The van der Waals surface area contributed by atoms with Crippen molar-refractivity contribution in [2.24, 2.45) is 4.99 Å². The number of esters is 1. The smallest absolute Gasteiger partial charge is 0.334 e. The highest BCUT2D eigenvalue weighted by Gasteiger charge is 2.38. The second kappa shape index (κ2) is 4.17. The molecule has 2 rings (SSSR count). The van der Waals surface area contributed by atoms with Crippen LogP contribution in [0, 0.1) is 0 Å². The van der Waals surface area contributed by atoms with E-state index >= 15 is 0 Å². The molecule has 0 spiro atoms. The van der Waals surface area contributed by atoms with Gasteiger partial charge in [0.1, 0.15) is 0 Å². The van der Waals surface area contributed by atoms with E-state index in [-0.39, 0.29) is 5.97 Å². The Bertz CT molecular complexity index is 505. The van der Waals surface area contributed by atoms with Crippen LogP contribution in [0.4, 0.5) is 5.69 Å². The Morgan fingerprint density at radius 2 is 2.18 bits per heavy atom. The van der Waals surface area contributed by atoms with Crippen molar-refractivity contribution in [1.82, 2.24) is 0 Å². The summed E-state index contributed by atoms with van der Waals surface area (Å²) in [5, 5.41) is 0. The number of carbonyl (C=O) groups is 1. The zero-order chi connectivity index (χ0) is 12.5. The zero-order valence-corrected chi connectivity index (χ0v) is 10.1. The average Bonchev–Trinajstić information content (AvgIpc) is 2.69. The molecule has 0 saturated heterocycles. The predicted molar refractivity (Wildman–Crippen MR) is 67.5 cm³/mol. The summed E-state index contributed by atoms with van der Waals surface area (Å²) in [6, 6.07) is 7.70. The molecule has 0 N–H and O–H groups in total. The Kier molecular flexibility index (Phi) is 2.84. The van der Waals surface area contributed by atoms with E-state index in [1.807, 2.05) is 31.2 Å². The number of benzene rings is 1. The van der Waals surface area contributed by atoms with Gasteiger partial charge in [0.15, 0.2) is 5.60 Å². The second-order valence-corrected chi connectivity index (χ2v) is 4.19. The quantitative estimate of drug-likeness (QED) is 0.590. The van der Waals surface area contributed by atoms with Gasteiger partial charge in [0.2, 0.25) is 0 Å². The maximum Gasteiger partial charge on any atom is 0.334 e. The van der Waals surface area contributed by atoms with Crippen LogP contribution in [0.15, 0.2) is 41.4 Å². The van der Waals surface area contributed by atoms with E-state index in [0.29, 0.717) is 12.0 Å². The first kappa shape index (κ1) is 11.6. The van der Waals surface area contributed by atoms with E-state index in [1.54, 1.807) is 13.1 Å². The van der Waals surface area contributed by atoms with E-state index in [0.717, 1.165) is 11.3 Å². The monoisotopic (exact) mass is 229 g/mol. The molecular formula is C14H15NO2. The van der Waals surface area contributed by atoms with E-state index in [4.69, 9.17) is 4.74 Å². The highest BCUT2D eigenvalue weighted by molar-refractivity contribution is 5.92. The fourth-order valence-corrected chi connectivity index (χ4v) is 1.88. The van der Waals surface area contributed by atoms with Crippen LogP contribution in [0.25, 0.3) is 0 Å². The van der Waals surface area contributed by atoms with Crippen LogP contribution in [0.3, 0.4) is 0 Å². The molecule has 0 saturated carbocycles. The van der Waals surface area contributed by atoms with Crippen molar-refractivity contribution in [2.75, 3.05) is 0 Å². The predicted octanol–water partition coefficient (Wildman–Crippen LogP) is 3.13. The van der Waals surface area contributed by atoms with Crippen LogP contribution in [-0.2, 0) is 15.1 Å². The molecular weight excluding hydrogens is 214 g/mol. The van der Waals surface area contributed by atoms with Gasteiger partial charge in [-0.3, -0.25) is 4.99 Å². The lowest BCUT2D eigenvalue weighted by molar-refractivity contribution is -0.148. The summed E-state index contributed by atoms with van der Waals surface area (Å²) in [7, 11) is 0. The SMILES string of the molecule is C=C(C)C(=O)OC1(CC)C=Nc2ccccc21. The standard InChI is InChI=1S/C14H15NO2/c1-4-14(17-13(16)10(2)3)9-15-12-8-6-5-7-11(12)14/h5-9H,2,4H2,1,3H3. The molecule has 1 aliphatic heterocycles. The summed E-state index contributed by atoms with van der Waals surface area (Å²) in [5.74, 6) is -0.380. The first-order valence-electron chi connectivity index (χ1n) is 5.62. The Morgan fingerprint density at radius 1 is 1.47 bits per heavy atom. The Morgan fingerprint density at radius 3 is 2.82 bits per heavy atom. The van der Waals surface area contributed by atoms with Crippen LogP contribution in [0.5, 0.6) is 0 Å². The molecule has 1 atom stereocenters. The van der Waals surface area contributed by atoms with Crippen LogP contribution in [-0.4, -0.2) is 12.2 Å². The van der Waals surface area contributed by atoms with Crippen LogP contribution >= 0.6 is 0 Å². The van der Waals surface area contributed by atoms with Gasteiger partial charge >= 0.3 is 5.97 Å². The Balaban J connectivity index is 2.38. The Labute approximate surface area is 101 Å². The molecule has 1 unspecified atom stereocenters. The largest absolute Gasteiger partial charge is 0.445 e. The van der Waals surface area contributed by atoms with Crippen molar-refractivity contribution in [1.29, 1.82) is 0 Å². The normalized spacial score (nSPS) is 21.1. The minimum atomic E-state index is -0.730. The lowest BCUT2D eigenvalue weighted by atomic mass is 9.93. The molecule has 0 radical (unpaired) electrons. The molecule has 3 nitrogen and oxygen atoms in total. The molecule has 0 aliphatic carbocycles. The van der Waals surface area contributed by atoms with Gasteiger partial charge in [-0.05, 0) is 19.4 Å². The number of para-hydroxylation sites is 1. The second-order valence-electron chi connectivity index (χ2n) is 4.19. The molecule has 0 bridgehead atoms. The van der Waals surface area contributed by atoms with Gasteiger partial charge in [-0.25, -0.2) is 4.79 Å². The minimum Gasteiger partial charge on any atom is -0.445 e. The van der Waals surface area contributed by atoms with Gasteiger partial charge in [0.05, 0.1) is 11.9 Å². The summed E-state index contributed by atoms with van der Waals surface area (Å²) in [4.78, 5) is 16.0. The van der Waals surface area contributed by atoms with E-state index in [1.165, 1.54) is 0 Å². The zero-order valence-electron chi connectivity index (χ0n) is 10.1. The molecule has 1 aliphatic rings. The maximum absolute atomic E-state index is 11.7. The molecule has 88 valence electrons.